The Morgan fingerprint density at radius 1 is 0.699 bits per heavy atom. The molecule has 1 fully saturated rings. The largest absolute Gasteiger partial charge is 0.481 e. The molecule has 4 aromatic carbocycles. The highest BCUT2D eigenvalue weighted by atomic mass is 35.5. The number of carboxylic acid groups (broad SMARTS) is 3. The van der Waals surface area contributed by atoms with Gasteiger partial charge < -0.3 is 51.7 Å². The van der Waals surface area contributed by atoms with Gasteiger partial charge in [0.15, 0.2) is 17.6 Å². The molecule has 24 heteroatoms. The highest BCUT2D eigenvalue weighted by Gasteiger charge is 2.48. The first-order valence-corrected chi connectivity index (χ1v) is 25.9. The topological polar surface area (TPSA) is 394 Å². The van der Waals surface area contributed by atoms with Crippen LogP contribution in [0.1, 0.15) is 110 Å². The van der Waals surface area contributed by atoms with E-state index in [-0.39, 0.29) is 71.6 Å². The van der Waals surface area contributed by atoms with Gasteiger partial charge in [-0.15, -0.1) is 0 Å². The SMILES string of the molecule is CCOC(=O)C(CO)CC(=O)c1cccc(C=O)c1.NC(=O)[C@@H]1[C@H](Nc2c(Cl)cnc3c2N=C(c2cccc(C(=O)NC(CO)C(=O)O)c2)C3)[C@H]2C=C[C@@H]1C2.O=Cc1cccc(C(=O)CC(CO)C(=O)O)c1.O=Cc1cccc(C(=O)O)c1. The lowest BCUT2D eigenvalue weighted by Gasteiger charge is -2.28. The van der Waals surface area contributed by atoms with Gasteiger partial charge in [-0.05, 0) is 67.1 Å². The molecule has 1 aromatic heterocycles. The Morgan fingerprint density at radius 2 is 1.23 bits per heavy atom. The second-order valence-corrected chi connectivity index (χ2v) is 19.2. The number of carboxylic acids is 3. The second-order valence-electron chi connectivity index (χ2n) is 18.8. The number of halogens is 1. The van der Waals surface area contributed by atoms with Crippen molar-refractivity contribution in [2.75, 3.05) is 31.7 Å². The monoisotopic (exact) mass is 1160 g/mol. The summed E-state index contributed by atoms with van der Waals surface area (Å²) >= 11 is 6.51. The summed E-state index contributed by atoms with van der Waals surface area (Å²) in [6, 6.07) is 23.1. The van der Waals surface area contributed by atoms with Crippen LogP contribution in [0.15, 0.2) is 120 Å². The van der Waals surface area contributed by atoms with Crippen LogP contribution in [0.2, 0.25) is 5.02 Å². The molecule has 0 saturated heterocycles. The normalized spacial score (nSPS) is 16.8. The number of fused-ring (bicyclic) bond motifs is 3. The van der Waals surface area contributed by atoms with Crippen molar-refractivity contribution in [1.82, 2.24) is 10.3 Å². The van der Waals surface area contributed by atoms with Gasteiger partial charge in [0.05, 0.1) is 71.9 Å². The lowest BCUT2D eigenvalue weighted by molar-refractivity contribution is -0.149. The van der Waals surface area contributed by atoms with E-state index in [9.17, 15) is 57.8 Å². The maximum atomic E-state index is 12.5. The van der Waals surface area contributed by atoms with Crippen molar-refractivity contribution in [2.24, 2.45) is 40.3 Å². The number of nitrogens with two attached hydrogens (primary N) is 1. The van der Waals surface area contributed by atoms with Gasteiger partial charge >= 0.3 is 23.9 Å². The molecule has 0 spiro atoms. The number of hydrogen-bond acceptors (Lipinski definition) is 18. The zero-order valence-electron chi connectivity index (χ0n) is 44.3. The zero-order chi connectivity index (χ0) is 60.9. The number of aromatic nitrogens is 1. The van der Waals surface area contributed by atoms with Gasteiger partial charge in [0.1, 0.15) is 24.5 Å². The van der Waals surface area contributed by atoms with Crippen molar-refractivity contribution in [1.29, 1.82) is 0 Å². The molecular formula is C59H58ClN5O18. The number of rotatable bonds is 23. The number of hydrogen-bond donors (Lipinski definition) is 9. The number of anilines is 1. The number of carbonyl (C=O) groups excluding carboxylic acids is 8. The van der Waals surface area contributed by atoms with Gasteiger partial charge in [-0.25, -0.2) is 14.6 Å². The number of amides is 2. The quantitative estimate of drug-likeness (QED) is 0.0182. The molecule has 2 amide bonds. The van der Waals surface area contributed by atoms with Crippen molar-refractivity contribution in [3.63, 3.8) is 0 Å². The van der Waals surface area contributed by atoms with Crippen LogP contribution in [0, 0.1) is 29.6 Å². The summed E-state index contributed by atoms with van der Waals surface area (Å²) in [7, 11) is 0. The molecule has 7 atom stereocenters. The maximum Gasteiger partial charge on any atom is 0.335 e. The molecule has 0 radical (unpaired) electrons. The number of aliphatic carboxylic acids is 2. The number of carbonyl (C=O) groups is 11. The number of aromatic carboxylic acids is 1. The van der Waals surface area contributed by atoms with Gasteiger partial charge in [-0.3, -0.25) is 48.1 Å². The van der Waals surface area contributed by atoms with Crippen LogP contribution in [-0.2, 0) is 30.3 Å². The fraction of sp³-hybridized carbons (Fsp3) is 0.271. The lowest BCUT2D eigenvalue weighted by atomic mass is 9.88. The number of ether oxygens (including phenoxy) is 1. The summed E-state index contributed by atoms with van der Waals surface area (Å²) < 4.78 is 4.77. The molecule has 83 heavy (non-hydrogen) atoms. The van der Waals surface area contributed by atoms with Crippen molar-refractivity contribution in [3.05, 3.63) is 171 Å². The van der Waals surface area contributed by atoms with E-state index in [1.165, 1.54) is 36.4 Å². The first-order chi connectivity index (χ1) is 39.7. The molecule has 434 valence electrons. The molecule has 23 nitrogen and oxygen atoms in total. The number of esters is 1. The van der Waals surface area contributed by atoms with E-state index in [4.69, 9.17) is 52.6 Å². The third-order valence-corrected chi connectivity index (χ3v) is 13.5. The molecule has 3 unspecified atom stereocenters. The number of ketones is 2. The third kappa shape index (κ3) is 17.5. The fourth-order valence-electron chi connectivity index (χ4n) is 8.96. The van der Waals surface area contributed by atoms with Crippen molar-refractivity contribution in [2.45, 2.75) is 44.7 Å². The van der Waals surface area contributed by atoms with Gasteiger partial charge in [0.2, 0.25) is 5.91 Å². The molecule has 5 aromatic rings. The molecule has 8 rings (SSSR count). The number of primary amides is 1. The van der Waals surface area contributed by atoms with Gasteiger partial charge in [0.25, 0.3) is 5.91 Å². The number of Topliss-reactive ketones (excluding diaryl/α,β-unsaturated/α-hetero) is 2. The minimum absolute atomic E-state index is 0.109. The predicted octanol–water partition coefficient (Wildman–Crippen LogP) is 4.88. The van der Waals surface area contributed by atoms with E-state index in [2.05, 4.69) is 27.8 Å². The predicted molar refractivity (Wildman–Crippen MR) is 298 cm³/mol. The molecule has 2 heterocycles. The van der Waals surface area contributed by atoms with E-state index in [1.807, 2.05) is 0 Å². The lowest BCUT2D eigenvalue weighted by Crippen LogP contribution is -2.43. The highest BCUT2D eigenvalue weighted by molar-refractivity contribution is 6.34. The minimum Gasteiger partial charge on any atom is -0.481 e. The number of nitrogens with zero attached hydrogens (tertiary/aromatic N) is 2. The molecule has 2 bridgehead atoms. The number of aldehydes is 3. The van der Waals surface area contributed by atoms with Crippen LogP contribution < -0.4 is 16.4 Å². The Kier molecular flexibility index (Phi) is 24.0. The van der Waals surface area contributed by atoms with Gasteiger partial charge in [-0.1, -0.05) is 84.4 Å². The smallest absolute Gasteiger partial charge is 0.335 e. The molecule has 3 aliphatic rings. The van der Waals surface area contributed by atoms with Crippen molar-refractivity contribution in [3.8, 4) is 0 Å². The maximum absolute atomic E-state index is 12.5. The Morgan fingerprint density at radius 3 is 1.73 bits per heavy atom. The number of aliphatic hydroxyl groups is 3. The molecule has 10 N–H and O–H groups in total. The Hall–Kier alpha value is -9.42. The summed E-state index contributed by atoms with van der Waals surface area (Å²) in [4.78, 5) is 132. The summed E-state index contributed by atoms with van der Waals surface area (Å²) in [5.74, 6) is -7.89. The van der Waals surface area contributed by atoms with Crippen LogP contribution >= 0.6 is 11.6 Å². The van der Waals surface area contributed by atoms with Gasteiger partial charge in [0, 0.05) is 64.9 Å². The van der Waals surface area contributed by atoms with Crippen molar-refractivity contribution >= 4 is 94.8 Å². The van der Waals surface area contributed by atoms with Crippen LogP contribution in [-0.4, -0.2) is 146 Å². The number of aliphatic hydroxyl groups excluding tert-OH is 3. The molecule has 1 aliphatic heterocycles. The fourth-order valence-corrected chi connectivity index (χ4v) is 9.15. The number of nitrogens with one attached hydrogen (secondary N) is 2. The van der Waals surface area contributed by atoms with Crippen LogP contribution in [0.5, 0.6) is 0 Å². The minimum atomic E-state index is -1.40. The van der Waals surface area contributed by atoms with Crippen LogP contribution in [0.25, 0.3) is 0 Å². The van der Waals surface area contributed by atoms with Crippen LogP contribution in [0.4, 0.5) is 11.4 Å². The van der Waals surface area contributed by atoms with E-state index in [1.54, 1.807) is 73.8 Å². The summed E-state index contributed by atoms with van der Waals surface area (Å²) in [6.07, 6.45) is 8.41. The van der Waals surface area contributed by atoms with E-state index >= 15 is 0 Å². The molecule has 1 saturated carbocycles. The number of allylic oxidation sites excluding steroid dienone is 1. The first-order valence-electron chi connectivity index (χ1n) is 25.5. The average molecular weight is 1160 g/mol. The van der Waals surface area contributed by atoms with Crippen molar-refractivity contribution < 1.29 is 88.1 Å². The Bertz CT molecular complexity index is 3330. The summed E-state index contributed by atoms with van der Waals surface area (Å²) in [6.45, 7) is 0.0955. The van der Waals surface area contributed by atoms with Gasteiger partial charge in [-0.2, -0.15) is 0 Å². The average Bonchev–Trinajstić information content (AvgIpc) is 3.70. The first kappa shape index (κ1) is 64.4. The third-order valence-electron chi connectivity index (χ3n) is 13.2. The van der Waals surface area contributed by atoms with E-state index < -0.39 is 73.3 Å². The summed E-state index contributed by atoms with van der Waals surface area (Å²) in [5.41, 5.74) is 11.0. The summed E-state index contributed by atoms with van der Waals surface area (Å²) in [5, 5.41) is 59.5. The number of pyridine rings is 1. The molecular weight excluding hydrogens is 1100 g/mol. The Labute approximate surface area is 478 Å². The van der Waals surface area contributed by atoms with Crippen LogP contribution in [0.3, 0.4) is 0 Å². The highest BCUT2D eigenvalue weighted by Crippen LogP contribution is 2.48. The number of aliphatic imine (C=N–C) groups is 1. The zero-order valence-corrected chi connectivity index (χ0v) is 45.1. The second kappa shape index (κ2) is 31.0. The number of benzene rings is 4. The standard InChI is InChI=1S/C25H24ClN5O5.C14H16O5.C12H12O5.C8H6O3/c26-15-9-28-17-8-16(11-2-1-3-14(6-11)24(34)30-18(10-32)25(35)36)29-22(17)21(15)31-20-13-5-4-12(7-13)19(20)23(27)33;1-2-19-14(18)12(9-16)7-13(17)11-5-3-4-10(6-11)8-15;13-6-8-2-1-3-9(4-8)11(15)5-10(7-14)12(16)17;9-5-6-2-1-3-7(4-6)8(10)11/h1-6,9,12-13,18-20,32H,7-8,10H2,(H2,27,33)(H,28,31)(H,30,34)(H,35,36);3-6,8,12,16H,2,7,9H2,1H3;1-4,6,10,14H,5,7H2,(H,16,17);1-5H,(H,10,11)/t12-,13+,18?,19+,20-;;;/m1.../s1. The molecule has 2 aliphatic carbocycles. The van der Waals surface area contributed by atoms with E-state index in [0.717, 1.165) is 6.42 Å². The Balaban J connectivity index is 0.000000226. The van der Waals surface area contributed by atoms with E-state index in [0.29, 0.717) is 80.9 Å².